The summed E-state index contributed by atoms with van der Waals surface area (Å²) in [5.41, 5.74) is 1.30. The molecule has 2 atom stereocenters. The van der Waals surface area contributed by atoms with E-state index in [9.17, 15) is 9.59 Å². The number of thiophene rings is 1. The summed E-state index contributed by atoms with van der Waals surface area (Å²) in [4.78, 5) is 35.1. The Kier molecular flexibility index (Phi) is 5.83. The highest BCUT2D eigenvalue weighted by Crippen LogP contribution is 2.37. The number of nitrogens with zero attached hydrogens (tertiary/aromatic N) is 3. The fourth-order valence-corrected chi connectivity index (χ4v) is 6.83. The lowest BCUT2D eigenvalue weighted by Crippen LogP contribution is -2.40. The second-order valence-corrected chi connectivity index (χ2v) is 10.5. The highest BCUT2D eigenvalue weighted by atomic mass is 32.2. The molecule has 1 saturated heterocycles. The first-order chi connectivity index (χ1) is 13.5. The molecule has 7 heteroatoms. The summed E-state index contributed by atoms with van der Waals surface area (Å²) in [5, 5.41) is 1.28. The molecule has 2 aliphatic rings. The van der Waals surface area contributed by atoms with Gasteiger partial charge in [-0.15, -0.1) is 11.3 Å². The summed E-state index contributed by atoms with van der Waals surface area (Å²) in [5.74, 6) is 0.839. The number of fused-ring (bicyclic) bond motifs is 3. The SMILES string of the molecule is CCn1c(S[C@@H](C)C(=O)N2CCCCC2)nc2sc3c(c2c1=O)CC[C@H](C)C3. The minimum Gasteiger partial charge on any atom is -0.342 e. The summed E-state index contributed by atoms with van der Waals surface area (Å²) < 4.78 is 1.76. The predicted octanol–water partition coefficient (Wildman–Crippen LogP) is 4.10. The third-order valence-electron chi connectivity index (χ3n) is 5.99. The van der Waals surface area contributed by atoms with Crippen LogP contribution in [0.25, 0.3) is 10.2 Å². The Bertz CT molecular complexity index is 943. The lowest BCUT2D eigenvalue weighted by atomic mass is 9.89. The first kappa shape index (κ1) is 20.0. The molecule has 1 aliphatic carbocycles. The first-order valence-electron chi connectivity index (χ1n) is 10.5. The number of aryl methyl sites for hydroxylation is 1. The maximum atomic E-state index is 13.3. The van der Waals surface area contributed by atoms with Crippen LogP contribution in [0, 0.1) is 5.92 Å². The molecule has 0 unspecified atom stereocenters. The van der Waals surface area contributed by atoms with Crippen LogP contribution < -0.4 is 5.56 Å². The maximum Gasteiger partial charge on any atom is 0.263 e. The van der Waals surface area contributed by atoms with Crippen molar-refractivity contribution in [1.29, 1.82) is 0 Å². The van der Waals surface area contributed by atoms with Gasteiger partial charge in [0.1, 0.15) is 4.83 Å². The van der Waals surface area contributed by atoms with E-state index in [0.717, 1.165) is 55.4 Å². The molecular formula is C21H29N3O2S2. The molecule has 0 spiro atoms. The van der Waals surface area contributed by atoms with E-state index in [1.165, 1.54) is 28.6 Å². The Balaban J connectivity index is 1.67. The van der Waals surface area contributed by atoms with Crippen LogP contribution in [0.4, 0.5) is 0 Å². The number of likely N-dealkylation sites (tertiary alicyclic amines) is 1. The summed E-state index contributed by atoms with van der Waals surface area (Å²) in [7, 11) is 0. The van der Waals surface area contributed by atoms with E-state index in [-0.39, 0.29) is 16.7 Å². The van der Waals surface area contributed by atoms with Gasteiger partial charge in [-0.3, -0.25) is 14.2 Å². The van der Waals surface area contributed by atoms with E-state index in [1.807, 2.05) is 18.7 Å². The van der Waals surface area contributed by atoms with Gasteiger partial charge in [0.2, 0.25) is 5.91 Å². The molecule has 28 heavy (non-hydrogen) atoms. The van der Waals surface area contributed by atoms with Crippen molar-refractivity contribution in [3.8, 4) is 0 Å². The number of rotatable bonds is 4. The molecule has 0 saturated carbocycles. The van der Waals surface area contributed by atoms with Crippen LogP contribution >= 0.6 is 23.1 Å². The molecular weight excluding hydrogens is 390 g/mol. The van der Waals surface area contributed by atoms with E-state index < -0.39 is 0 Å². The van der Waals surface area contributed by atoms with Crippen LogP contribution in [0.15, 0.2) is 9.95 Å². The molecule has 1 amide bonds. The predicted molar refractivity (Wildman–Crippen MR) is 116 cm³/mol. The lowest BCUT2D eigenvalue weighted by molar-refractivity contribution is -0.131. The van der Waals surface area contributed by atoms with Gasteiger partial charge in [0, 0.05) is 24.5 Å². The molecule has 2 aromatic heterocycles. The van der Waals surface area contributed by atoms with E-state index in [0.29, 0.717) is 17.6 Å². The van der Waals surface area contributed by atoms with Gasteiger partial charge in [-0.05, 0) is 63.9 Å². The van der Waals surface area contributed by atoms with Crippen molar-refractivity contribution < 1.29 is 4.79 Å². The zero-order valence-electron chi connectivity index (χ0n) is 17.0. The molecule has 152 valence electrons. The van der Waals surface area contributed by atoms with Crippen LogP contribution in [-0.2, 0) is 24.2 Å². The van der Waals surface area contributed by atoms with E-state index in [1.54, 1.807) is 15.9 Å². The second kappa shape index (κ2) is 8.19. The second-order valence-electron chi connectivity index (χ2n) is 8.12. The topological polar surface area (TPSA) is 55.2 Å². The van der Waals surface area contributed by atoms with Gasteiger partial charge in [-0.2, -0.15) is 0 Å². The van der Waals surface area contributed by atoms with Crippen LogP contribution in [0.5, 0.6) is 0 Å². The minimum absolute atomic E-state index is 0.0691. The molecule has 1 fully saturated rings. The largest absolute Gasteiger partial charge is 0.342 e. The molecule has 0 radical (unpaired) electrons. The van der Waals surface area contributed by atoms with Gasteiger partial charge < -0.3 is 4.90 Å². The van der Waals surface area contributed by atoms with Crippen molar-refractivity contribution in [3.05, 3.63) is 20.8 Å². The zero-order chi connectivity index (χ0) is 19.8. The molecule has 3 heterocycles. The Hall–Kier alpha value is -1.34. The summed E-state index contributed by atoms with van der Waals surface area (Å²) >= 11 is 3.12. The maximum absolute atomic E-state index is 13.3. The highest BCUT2D eigenvalue weighted by Gasteiger charge is 2.27. The third-order valence-corrected chi connectivity index (χ3v) is 8.22. The fourth-order valence-electron chi connectivity index (χ4n) is 4.35. The Morgan fingerprint density at radius 3 is 2.79 bits per heavy atom. The number of piperidine rings is 1. The molecule has 0 aromatic carbocycles. The van der Waals surface area contributed by atoms with Crippen molar-refractivity contribution >= 4 is 39.2 Å². The molecule has 2 aromatic rings. The fraction of sp³-hybridized carbons (Fsp3) is 0.667. The molecule has 1 aliphatic heterocycles. The third kappa shape index (κ3) is 3.63. The van der Waals surface area contributed by atoms with Gasteiger partial charge in [0.15, 0.2) is 5.16 Å². The minimum atomic E-state index is -0.227. The molecule has 4 rings (SSSR count). The van der Waals surface area contributed by atoms with Gasteiger partial charge in [-0.1, -0.05) is 18.7 Å². The Morgan fingerprint density at radius 1 is 1.32 bits per heavy atom. The number of thioether (sulfide) groups is 1. The monoisotopic (exact) mass is 419 g/mol. The van der Waals surface area contributed by atoms with Crippen LogP contribution in [0.2, 0.25) is 0 Å². The number of hydrogen-bond acceptors (Lipinski definition) is 5. The summed E-state index contributed by atoms with van der Waals surface area (Å²) in [6.07, 6.45) is 6.56. The van der Waals surface area contributed by atoms with E-state index >= 15 is 0 Å². The average molecular weight is 420 g/mol. The van der Waals surface area contributed by atoms with Crippen molar-refractivity contribution in [2.45, 2.75) is 76.2 Å². The normalized spacial score (nSPS) is 21.0. The number of hydrogen-bond donors (Lipinski definition) is 0. The van der Waals surface area contributed by atoms with E-state index in [2.05, 4.69) is 6.92 Å². The van der Waals surface area contributed by atoms with Gasteiger partial charge >= 0.3 is 0 Å². The average Bonchev–Trinajstić information content (AvgIpc) is 3.05. The van der Waals surface area contributed by atoms with Crippen molar-refractivity contribution in [1.82, 2.24) is 14.5 Å². The van der Waals surface area contributed by atoms with Crippen LogP contribution in [-0.4, -0.2) is 38.7 Å². The molecule has 0 N–H and O–H groups in total. The number of carbonyl (C=O) groups is 1. The first-order valence-corrected chi connectivity index (χ1v) is 12.2. The van der Waals surface area contributed by atoms with Crippen LogP contribution in [0.1, 0.15) is 56.9 Å². The van der Waals surface area contributed by atoms with Gasteiger partial charge in [0.05, 0.1) is 10.6 Å². The molecule has 5 nitrogen and oxygen atoms in total. The highest BCUT2D eigenvalue weighted by molar-refractivity contribution is 8.00. The van der Waals surface area contributed by atoms with Crippen molar-refractivity contribution in [3.63, 3.8) is 0 Å². The standard InChI is InChI=1S/C21H29N3O2S2/c1-4-24-20(26)17-15-9-8-13(2)12-16(15)28-18(17)22-21(24)27-14(3)19(25)23-10-6-5-7-11-23/h13-14H,4-12H2,1-3H3/t13-,14-/m0/s1. The quantitative estimate of drug-likeness (QED) is 0.553. The van der Waals surface area contributed by atoms with E-state index in [4.69, 9.17) is 4.98 Å². The van der Waals surface area contributed by atoms with Crippen molar-refractivity contribution in [2.24, 2.45) is 5.92 Å². The Morgan fingerprint density at radius 2 is 2.07 bits per heavy atom. The number of carbonyl (C=O) groups excluding carboxylic acids is 1. The summed E-state index contributed by atoms with van der Waals surface area (Å²) in [6.45, 7) is 8.49. The Labute approximate surface area is 174 Å². The molecule has 0 bridgehead atoms. The smallest absolute Gasteiger partial charge is 0.263 e. The van der Waals surface area contributed by atoms with Gasteiger partial charge in [0.25, 0.3) is 5.56 Å². The number of amides is 1. The van der Waals surface area contributed by atoms with Crippen LogP contribution in [0.3, 0.4) is 0 Å². The summed E-state index contributed by atoms with van der Waals surface area (Å²) in [6, 6.07) is 0. The lowest BCUT2D eigenvalue weighted by Gasteiger charge is -2.29. The zero-order valence-corrected chi connectivity index (χ0v) is 18.6. The number of aromatic nitrogens is 2. The van der Waals surface area contributed by atoms with Crippen molar-refractivity contribution in [2.75, 3.05) is 13.1 Å². The van der Waals surface area contributed by atoms with Gasteiger partial charge in [-0.25, -0.2) is 4.98 Å².